The van der Waals surface area contributed by atoms with Crippen LogP contribution in [-0.2, 0) is 17.8 Å². The first-order valence-electron chi connectivity index (χ1n) is 4.65. The lowest BCUT2D eigenvalue weighted by molar-refractivity contribution is 0.176. The standard InChI is InChI=1S/C9H12N4O/c1-14-6-9-8(4-5-10)11-12-13(9)7-2-3-7/h7H,2-4,6H2,1H3. The van der Waals surface area contributed by atoms with Gasteiger partial charge in [-0.3, -0.25) is 0 Å². The molecule has 0 spiro atoms. The molecule has 1 aromatic rings. The molecule has 1 aliphatic carbocycles. The van der Waals surface area contributed by atoms with Crippen molar-refractivity contribution < 1.29 is 4.74 Å². The number of hydrogen-bond acceptors (Lipinski definition) is 4. The molecule has 1 fully saturated rings. The zero-order valence-electron chi connectivity index (χ0n) is 8.10. The molecule has 2 rings (SSSR count). The van der Waals surface area contributed by atoms with Crippen molar-refractivity contribution >= 4 is 0 Å². The summed E-state index contributed by atoms with van der Waals surface area (Å²) >= 11 is 0. The highest BCUT2D eigenvalue weighted by Crippen LogP contribution is 2.35. The molecule has 1 aliphatic rings. The van der Waals surface area contributed by atoms with Crippen molar-refractivity contribution in [3.05, 3.63) is 11.4 Å². The SMILES string of the molecule is COCc1c(CC#N)nnn1C1CC1. The predicted molar refractivity (Wildman–Crippen MR) is 48.3 cm³/mol. The van der Waals surface area contributed by atoms with Gasteiger partial charge in [0.15, 0.2) is 0 Å². The molecule has 1 saturated carbocycles. The molecule has 0 amide bonds. The highest BCUT2D eigenvalue weighted by atomic mass is 16.5. The fraction of sp³-hybridized carbons (Fsp3) is 0.667. The monoisotopic (exact) mass is 192 g/mol. The maximum atomic E-state index is 8.61. The summed E-state index contributed by atoms with van der Waals surface area (Å²) in [6.07, 6.45) is 2.63. The van der Waals surface area contributed by atoms with Crippen LogP contribution in [0.1, 0.15) is 30.3 Å². The van der Waals surface area contributed by atoms with Crippen molar-refractivity contribution in [2.75, 3.05) is 7.11 Å². The lowest BCUT2D eigenvalue weighted by Gasteiger charge is -2.03. The third-order valence-corrected chi connectivity index (χ3v) is 2.29. The minimum atomic E-state index is 0.311. The van der Waals surface area contributed by atoms with E-state index in [1.165, 1.54) is 0 Å². The van der Waals surface area contributed by atoms with Crippen molar-refractivity contribution in [3.63, 3.8) is 0 Å². The molecular weight excluding hydrogens is 180 g/mol. The number of ether oxygens (including phenoxy) is 1. The van der Waals surface area contributed by atoms with Gasteiger partial charge in [0.25, 0.3) is 0 Å². The summed E-state index contributed by atoms with van der Waals surface area (Å²) in [7, 11) is 1.64. The number of aromatic nitrogens is 3. The Morgan fingerprint density at radius 2 is 2.43 bits per heavy atom. The Morgan fingerprint density at radius 1 is 1.64 bits per heavy atom. The normalized spacial score (nSPS) is 15.4. The summed E-state index contributed by atoms with van der Waals surface area (Å²) in [4.78, 5) is 0. The summed E-state index contributed by atoms with van der Waals surface area (Å²) in [6, 6.07) is 2.57. The number of nitrogens with zero attached hydrogens (tertiary/aromatic N) is 4. The van der Waals surface area contributed by atoms with Crippen LogP contribution in [-0.4, -0.2) is 22.1 Å². The van der Waals surface area contributed by atoms with Crippen molar-refractivity contribution in [3.8, 4) is 6.07 Å². The van der Waals surface area contributed by atoms with E-state index in [9.17, 15) is 0 Å². The minimum absolute atomic E-state index is 0.311. The molecule has 0 bridgehead atoms. The maximum absolute atomic E-state index is 8.61. The van der Waals surface area contributed by atoms with E-state index in [0.717, 1.165) is 24.2 Å². The highest BCUT2D eigenvalue weighted by Gasteiger charge is 2.28. The van der Waals surface area contributed by atoms with E-state index in [2.05, 4.69) is 16.4 Å². The van der Waals surface area contributed by atoms with Crippen molar-refractivity contribution in [2.24, 2.45) is 0 Å². The number of nitriles is 1. The van der Waals surface area contributed by atoms with Gasteiger partial charge in [0.05, 0.1) is 30.8 Å². The molecule has 14 heavy (non-hydrogen) atoms. The zero-order chi connectivity index (χ0) is 9.97. The molecule has 5 heteroatoms. The van der Waals surface area contributed by atoms with E-state index in [0.29, 0.717) is 19.1 Å². The number of hydrogen-bond donors (Lipinski definition) is 0. The lowest BCUT2D eigenvalue weighted by atomic mass is 10.2. The summed E-state index contributed by atoms with van der Waals surface area (Å²) < 4.78 is 6.98. The van der Waals surface area contributed by atoms with Crippen molar-refractivity contribution in [1.29, 1.82) is 5.26 Å². The number of rotatable bonds is 4. The molecule has 0 aromatic carbocycles. The molecule has 74 valence electrons. The van der Waals surface area contributed by atoms with Gasteiger partial charge in [-0.25, -0.2) is 4.68 Å². The molecule has 0 unspecified atom stereocenters. The lowest BCUT2D eigenvalue weighted by Crippen LogP contribution is -2.05. The van der Waals surface area contributed by atoms with Gasteiger partial charge in [0, 0.05) is 7.11 Å². The summed E-state index contributed by atoms with van der Waals surface area (Å²) in [5, 5.41) is 16.7. The predicted octanol–water partition coefficient (Wildman–Crippen LogP) is 0.825. The second kappa shape index (κ2) is 3.76. The Hall–Kier alpha value is -1.41. The van der Waals surface area contributed by atoms with Gasteiger partial charge in [-0.2, -0.15) is 5.26 Å². The fourth-order valence-electron chi connectivity index (χ4n) is 1.46. The van der Waals surface area contributed by atoms with Crippen molar-refractivity contribution in [1.82, 2.24) is 15.0 Å². The second-order valence-electron chi connectivity index (χ2n) is 3.43. The Morgan fingerprint density at radius 3 is 3.00 bits per heavy atom. The zero-order valence-corrected chi connectivity index (χ0v) is 8.10. The van der Waals surface area contributed by atoms with Crippen LogP contribution in [0.25, 0.3) is 0 Å². The van der Waals surface area contributed by atoms with Gasteiger partial charge >= 0.3 is 0 Å². The Kier molecular flexibility index (Phi) is 2.46. The largest absolute Gasteiger partial charge is 0.378 e. The van der Waals surface area contributed by atoms with Gasteiger partial charge < -0.3 is 4.74 Å². The third-order valence-electron chi connectivity index (χ3n) is 2.29. The molecule has 0 N–H and O–H groups in total. The van der Waals surface area contributed by atoms with Crippen molar-refractivity contribution in [2.45, 2.75) is 31.9 Å². The van der Waals surface area contributed by atoms with Crippen LogP contribution < -0.4 is 0 Å². The van der Waals surface area contributed by atoms with E-state index >= 15 is 0 Å². The van der Waals surface area contributed by atoms with E-state index in [1.807, 2.05) is 4.68 Å². The first kappa shape index (κ1) is 9.16. The Labute approximate surface area is 82.3 Å². The molecule has 0 aliphatic heterocycles. The van der Waals surface area contributed by atoms with Gasteiger partial charge in [0.2, 0.25) is 0 Å². The summed E-state index contributed by atoms with van der Waals surface area (Å²) in [6.45, 7) is 0.487. The van der Waals surface area contributed by atoms with Gasteiger partial charge in [-0.1, -0.05) is 5.21 Å². The van der Waals surface area contributed by atoms with Crippen LogP contribution in [0.3, 0.4) is 0 Å². The van der Waals surface area contributed by atoms with E-state index in [4.69, 9.17) is 10.00 Å². The average Bonchev–Trinajstić information content (AvgIpc) is 2.94. The molecule has 1 heterocycles. The second-order valence-corrected chi connectivity index (χ2v) is 3.43. The van der Waals surface area contributed by atoms with E-state index in [-0.39, 0.29) is 0 Å². The van der Waals surface area contributed by atoms with Gasteiger partial charge in [-0.15, -0.1) is 5.10 Å². The topological polar surface area (TPSA) is 63.7 Å². The fourth-order valence-corrected chi connectivity index (χ4v) is 1.46. The molecule has 0 atom stereocenters. The van der Waals surface area contributed by atoms with E-state index < -0.39 is 0 Å². The number of methoxy groups -OCH3 is 1. The summed E-state index contributed by atoms with van der Waals surface area (Å²) in [5.74, 6) is 0. The minimum Gasteiger partial charge on any atom is -0.378 e. The highest BCUT2D eigenvalue weighted by molar-refractivity contribution is 5.15. The van der Waals surface area contributed by atoms with Gasteiger partial charge in [-0.05, 0) is 12.8 Å². The third kappa shape index (κ3) is 1.61. The first-order chi connectivity index (χ1) is 6.86. The average molecular weight is 192 g/mol. The van der Waals surface area contributed by atoms with Crippen LogP contribution in [0.5, 0.6) is 0 Å². The van der Waals surface area contributed by atoms with Crippen LogP contribution >= 0.6 is 0 Å². The smallest absolute Gasteiger partial charge is 0.102 e. The molecule has 5 nitrogen and oxygen atoms in total. The van der Waals surface area contributed by atoms with Gasteiger partial charge in [0.1, 0.15) is 5.69 Å². The Bertz CT molecular complexity index is 361. The Balaban J connectivity index is 2.26. The van der Waals surface area contributed by atoms with E-state index in [1.54, 1.807) is 7.11 Å². The van der Waals surface area contributed by atoms with Crippen LogP contribution in [0.15, 0.2) is 0 Å². The van der Waals surface area contributed by atoms with Crippen LogP contribution in [0, 0.1) is 11.3 Å². The molecule has 1 aromatic heterocycles. The quantitative estimate of drug-likeness (QED) is 0.708. The molecular formula is C9H12N4O. The molecule has 0 saturated heterocycles. The van der Waals surface area contributed by atoms with Crippen LogP contribution in [0.2, 0.25) is 0 Å². The molecule has 0 radical (unpaired) electrons. The summed E-state index contributed by atoms with van der Waals surface area (Å²) in [5.41, 5.74) is 1.71. The maximum Gasteiger partial charge on any atom is 0.102 e. The van der Waals surface area contributed by atoms with Crippen LogP contribution in [0.4, 0.5) is 0 Å². The first-order valence-corrected chi connectivity index (χ1v) is 4.65.